The third-order valence-corrected chi connectivity index (χ3v) is 6.93. The largest absolute Gasteiger partial charge is 0.377 e. The zero-order valence-corrected chi connectivity index (χ0v) is 19.2. The number of aromatic nitrogens is 3. The Kier molecular flexibility index (Phi) is 7.25. The van der Waals surface area contributed by atoms with Gasteiger partial charge in [0.05, 0.1) is 27.5 Å². The lowest BCUT2D eigenvalue weighted by Gasteiger charge is -2.32. The number of fused-ring (bicyclic) bond motifs is 1. The van der Waals surface area contributed by atoms with Crippen LogP contribution in [0, 0.1) is 6.92 Å². The second-order valence-electron chi connectivity index (χ2n) is 8.05. The molecule has 0 saturated carbocycles. The number of likely N-dealkylation sites (tertiary alicyclic amines) is 1. The molecule has 31 heavy (non-hydrogen) atoms. The van der Waals surface area contributed by atoms with E-state index >= 15 is 0 Å². The number of para-hydroxylation sites is 1. The molecule has 0 bridgehead atoms. The second kappa shape index (κ2) is 10.3. The molecule has 164 valence electrons. The number of carbonyl (C=O) groups excluding carboxylic acids is 1. The van der Waals surface area contributed by atoms with Gasteiger partial charge < -0.3 is 9.64 Å². The number of rotatable bonds is 8. The molecule has 7 heteroatoms. The summed E-state index contributed by atoms with van der Waals surface area (Å²) in [6.45, 7) is 6.74. The molecule has 0 radical (unpaired) electrons. The van der Waals surface area contributed by atoms with Gasteiger partial charge in [0.1, 0.15) is 5.82 Å². The van der Waals surface area contributed by atoms with Gasteiger partial charge in [-0.15, -0.1) is 11.3 Å². The average molecular weight is 439 g/mol. The van der Waals surface area contributed by atoms with Gasteiger partial charge in [0.15, 0.2) is 0 Å². The van der Waals surface area contributed by atoms with Crippen LogP contribution in [0.15, 0.2) is 30.5 Å². The molecular formula is C24H30N4O2S. The molecule has 1 fully saturated rings. The fraction of sp³-hybridized carbons (Fsp3) is 0.500. The first kappa shape index (κ1) is 21.8. The minimum absolute atomic E-state index is 0.257. The number of nitrogens with zero attached hydrogens (tertiary/aromatic N) is 4. The number of amides is 1. The Morgan fingerprint density at radius 2 is 2.03 bits per heavy atom. The van der Waals surface area contributed by atoms with Gasteiger partial charge in [-0.3, -0.25) is 4.79 Å². The van der Waals surface area contributed by atoms with E-state index in [1.54, 1.807) is 11.3 Å². The second-order valence-corrected chi connectivity index (χ2v) is 9.16. The summed E-state index contributed by atoms with van der Waals surface area (Å²) in [6.07, 6.45) is 6.08. The Morgan fingerprint density at radius 1 is 1.23 bits per heavy atom. The summed E-state index contributed by atoms with van der Waals surface area (Å²) in [6, 6.07) is 8.20. The van der Waals surface area contributed by atoms with E-state index in [1.165, 1.54) is 4.70 Å². The van der Waals surface area contributed by atoms with Crippen LogP contribution in [0.1, 0.15) is 60.6 Å². The highest BCUT2D eigenvalue weighted by Gasteiger charge is 2.26. The highest BCUT2D eigenvalue weighted by molar-refractivity contribution is 7.18. The minimum atomic E-state index is 0.257. The molecular weight excluding hydrogens is 408 g/mol. The molecule has 1 aliphatic rings. The number of aryl methyl sites for hydroxylation is 2. The van der Waals surface area contributed by atoms with Crippen molar-refractivity contribution in [2.75, 3.05) is 19.7 Å². The lowest BCUT2D eigenvalue weighted by atomic mass is 9.90. The third-order valence-electron chi connectivity index (χ3n) is 5.83. The quantitative estimate of drug-likeness (QED) is 0.512. The van der Waals surface area contributed by atoms with Crippen molar-refractivity contribution in [1.29, 1.82) is 0 Å². The highest BCUT2D eigenvalue weighted by atomic mass is 32.1. The fourth-order valence-corrected chi connectivity index (χ4v) is 5.18. The van der Waals surface area contributed by atoms with E-state index in [4.69, 9.17) is 9.72 Å². The Morgan fingerprint density at radius 3 is 2.81 bits per heavy atom. The Balaban J connectivity index is 1.27. The van der Waals surface area contributed by atoms with Crippen LogP contribution < -0.4 is 0 Å². The van der Waals surface area contributed by atoms with Crippen LogP contribution in [-0.4, -0.2) is 45.5 Å². The summed E-state index contributed by atoms with van der Waals surface area (Å²) in [5.74, 6) is 1.42. The van der Waals surface area contributed by atoms with E-state index in [-0.39, 0.29) is 5.91 Å². The molecule has 0 unspecified atom stereocenters. The van der Waals surface area contributed by atoms with Crippen molar-refractivity contribution >= 4 is 27.5 Å². The molecule has 2 aromatic heterocycles. The first-order valence-electron chi connectivity index (χ1n) is 11.2. The normalized spacial score (nSPS) is 15.0. The SMILES string of the molecule is CCOCc1cnc(C)nc1C1CCN(C(=O)CCCc2nc3ccccc3s2)CC1. The van der Waals surface area contributed by atoms with Gasteiger partial charge in [0.25, 0.3) is 0 Å². The zero-order chi connectivity index (χ0) is 21.6. The van der Waals surface area contributed by atoms with Crippen molar-refractivity contribution in [2.45, 2.75) is 58.5 Å². The predicted molar refractivity (Wildman–Crippen MR) is 123 cm³/mol. The molecule has 6 nitrogen and oxygen atoms in total. The van der Waals surface area contributed by atoms with Crippen LogP contribution in [0.5, 0.6) is 0 Å². The lowest BCUT2D eigenvalue weighted by molar-refractivity contribution is -0.132. The maximum atomic E-state index is 12.7. The maximum Gasteiger partial charge on any atom is 0.222 e. The smallest absolute Gasteiger partial charge is 0.222 e. The van der Waals surface area contributed by atoms with Crippen molar-refractivity contribution < 1.29 is 9.53 Å². The Bertz CT molecular complexity index is 994. The zero-order valence-electron chi connectivity index (χ0n) is 18.3. The maximum absolute atomic E-state index is 12.7. The van der Waals surface area contributed by atoms with Crippen molar-refractivity contribution in [3.63, 3.8) is 0 Å². The molecule has 1 aliphatic heterocycles. The molecule has 0 aliphatic carbocycles. The monoisotopic (exact) mass is 438 g/mol. The summed E-state index contributed by atoms with van der Waals surface area (Å²) in [4.78, 5) is 28.5. The number of thiazole rings is 1. The summed E-state index contributed by atoms with van der Waals surface area (Å²) in [5, 5.41) is 1.12. The van der Waals surface area contributed by atoms with E-state index < -0.39 is 0 Å². The summed E-state index contributed by atoms with van der Waals surface area (Å²) >= 11 is 1.73. The van der Waals surface area contributed by atoms with Gasteiger partial charge in [0.2, 0.25) is 5.91 Å². The minimum Gasteiger partial charge on any atom is -0.377 e. The summed E-state index contributed by atoms with van der Waals surface area (Å²) in [7, 11) is 0. The topological polar surface area (TPSA) is 68.2 Å². The van der Waals surface area contributed by atoms with Crippen LogP contribution in [0.3, 0.4) is 0 Å². The number of ether oxygens (including phenoxy) is 1. The molecule has 4 rings (SSSR count). The lowest BCUT2D eigenvalue weighted by Crippen LogP contribution is -2.38. The average Bonchev–Trinajstić information content (AvgIpc) is 3.21. The van der Waals surface area contributed by atoms with E-state index in [2.05, 4.69) is 16.0 Å². The van der Waals surface area contributed by atoms with E-state index in [9.17, 15) is 4.79 Å². The molecule has 1 aromatic carbocycles. The van der Waals surface area contributed by atoms with Crippen molar-refractivity contribution in [3.05, 3.63) is 52.6 Å². The Labute approximate surface area is 187 Å². The highest BCUT2D eigenvalue weighted by Crippen LogP contribution is 2.30. The van der Waals surface area contributed by atoms with E-state index in [0.29, 0.717) is 25.6 Å². The first-order valence-corrected chi connectivity index (χ1v) is 12.0. The van der Waals surface area contributed by atoms with Crippen LogP contribution in [0.25, 0.3) is 10.2 Å². The predicted octanol–water partition coefficient (Wildman–Crippen LogP) is 4.66. The fourth-order valence-electron chi connectivity index (χ4n) is 4.17. The molecule has 0 spiro atoms. The molecule has 3 aromatic rings. The third kappa shape index (κ3) is 5.46. The van der Waals surface area contributed by atoms with Crippen molar-refractivity contribution in [1.82, 2.24) is 19.9 Å². The van der Waals surface area contributed by atoms with Crippen LogP contribution in [0.2, 0.25) is 0 Å². The number of piperidine rings is 1. The van der Waals surface area contributed by atoms with Gasteiger partial charge in [-0.25, -0.2) is 15.0 Å². The standard InChI is InChI=1S/C24H30N4O2S/c1-3-30-16-19-15-25-17(2)26-24(19)18-11-13-28(14-12-18)23(29)10-6-9-22-27-20-7-4-5-8-21(20)31-22/h4-5,7-8,15,18H,3,6,9-14,16H2,1-2H3. The number of carbonyl (C=O) groups is 1. The van der Waals surface area contributed by atoms with Crippen molar-refractivity contribution in [3.8, 4) is 0 Å². The van der Waals surface area contributed by atoms with Crippen LogP contribution in [-0.2, 0) is 22.6 Å². The summed E-state index contributed by atoms with van der Waals surface area (Å²) < 4.78 is 6.82. The van der Waals surface area contributed by atoms with Gasteiger partial charge in [0, 0.05) is 43.8 Å². The van der Waals surface area contributed by atoms with Crippen molar-refractivity contribution in [2.24, 2.45) is 0 Å². The van der Waals surface area contributed by atoms with E-state index in [0.717, 1.165) is 66.4 Å². The van der Waals surface area contributed by atoms with Gasteiger partial charge in [-0.05, 0) is 51.7 Å². The van der Waals surface area contributed by atoms with Gasteiger partial charge in [-0.2, -0.15) is 0 Å². The molecule has 1 amide bonds. The summed E-state index contributed by atoms with van der Waals surface area (Å²) in [5.41, 5.74) is 3.23. The number of hydrogen-bond donors (Lipinski definition) is 0. The van der Waals surface area contributed by atoms with Gasteiger partial charge in [-0.1, -0.05) is 12.1 Å². The molecule has 0 atom stereocenters. The molecule has 3 heterocycles. The Hall–Kier alpha value is -2.38. The van der Waals surface area contributed by atoms with Crippen LogP contribution in [0.4, 0.5) is 0 Å². The van der Waals surface area contributed by atoms with Crippen LogP contribution >= 0.6 is 11.3 Å². The molecule has 0 N–H and O–H groups in total. The van der Waals surface area contributed by atoms with E-state index in [1.807, 2.05) is 43.1 Å². The first-order chi connectivity index (χ1) is 15.1. The number of benzene rings is 1. The number of hydrogen-bond acceptors (Lipinski definition) is 6. The van der Waals surface area contributed by atoms with Gasteiger partial charge >= 0.3 is 0 Å². The molecule has 1 saturated heterocycles.